The normalized spacial score (nSPS) is 10.5. The second-order valence-corrected chi connectivity index (χ2v) is 4.49. The predicted octanol–water partition coefficient (Wildman–Crippen LogP) is 3.11. The van der Waals surface area contributed by atoms with Crippen LogP contribution in [0.25, 0.3) is 0 Å². The van der Waals surface area contributed by atoms with Crippen LogP contribution >= 0.6 is 11.6 Å². The smallest absolute Gasteiger partial charge is 0.137 e. The van der Waals surface area contributed by atoms with Gasteiger partial charge in [0, 0.05) is 17.9 Å². The minimum atomic E-state index is -0.371. The van der Waals surface area contributed by atoms with E-state index < -0.39 is 0 Å². The van der Waals surface area contributed by atoms with E-state index >= 15 is 0 Å². The monoisotopic (exact) mass is 257 g/mol. The minimum absolute atomic E-state index is 0.0446. The lowest BCUT2D eigenvalue weighted by molar-refractivity contribution is -0.118. The quantitative estimate of drug-likeness (QED) is 0.763. The zero-order chi connectivity index (χ0) is 12.7. The number of rotatable bonds is 7. The summed E-state index contributed by atoms with van der Waals surface area (Å²) >= 11 is 5.75. The van der Waals surface area contributed by atoms with E-state index in [4.69, 9.17) is 17.3 Å². The molecule has 0 aliphatic carbocycles. The fraction of sp³-hybridized carbons (Fsp3) is 0.462. The Balaban J connectivity index is 2.42. The lowest BCUT2D eigenvalue weighted by Crippen LogP contribution is -2.05. The molecule has 0 saturated heterocycles. The fourth-order valence-electron chi connectivity index (χ4n) is 1.62. The summed E-state index contributed by atoms with van der Waals surface area (Å²) in [5.74, 6) is -0.326. The molecular weight excluding hydrogens is 241 g/mol. The van der Waals surface area contributed by atoms with Gasteiger partial charge in [-0.2, -0.15) is 0 Å². The van der Waals surface area contributed by atoms with Gasteiger partial charge in [-0.1, -0.05) is 18.0 Å². The molecule has 0 aliphatic heterocycles. The number of benzene rings is 1. The van der Waals surface area contributed by atoms with Crippen LogP contribution in [0.3, 0.4) is 0 Å². The molecule has 17 heavy (non-hydrogen) atoms. The third-order valence-corrected chi connectivity index (χ3v) is 2.79. The molecule has 0 bridgehead atoms. The molecule has 1 aromatic rings. The summed E-state index contributed by atoms with van der Waals surface area (Å²) in [6.07, 6.45) is 3.29. The first-order chi connectivity index (χ1) is 8.13. The summed E-state index contributed by atoms with van der Waals surface area (Å²) in [5, 5.41) is 0.456. The molecule has 2 N–H and O–H groups in total. The van der Waals surface area contributed by atoms with Crippen molar-refractivity contribution in [3.8, 4) is 0 Å². The highest BCUT2D eigenvalue weighted by atomic mass is 35.5. The Morgan fingerprint density at radius 1 is 1.29 bits per heavy atom. The minimum Gasteiger partial charge on any atom is -0.330 e. The molecule has 0 aromatic heterocycles. The van der Waals surface area contributed by atoms with Crippen LogP contribution in [0, 0.1) is 5.82 Å². The molecule has 1 rings (SSSR count). The van der Waals surface area contributed by atoms with E-state index in [1.807, 2.05) is 0 Å². The van der Waals surface area contributed by atoms with Gasteiger partial charge < -0.3 is 5.73 Å². The van der Waals surface area contributed by atoms with E-state index in [-0.39, 0.29) is 18.0 Å². The van der Waals surface area contributed by atoms with Crippen molar-refractivity contribution in [1.29, 1.82) is 0 Å². The van der Waals surface area contributed by atoms with Crippen molar-refractivity contribution in [2.24, 2.45) is 5.73 Å². The van der Waals surface area contributed by atoms with Gasteiger partial charge in [-0.05, 0) is 43.1 Å². The Kier molecular flexibility index (Phi) is 6.16. The van der Waals surface area contributed by atoms with Crippen LogP contribution in [0.4, 0.5) is 4.39 Å². The molecule has 0 amide bonds. The molecule has 0 spiro atoms. The summed E-state index contributed by atoms with van der Waals surface area (Å²) in [7, 11) is 0. The van der Waals surface area contributed by atoms with Crippen molar-refractivity contribution in [2.45, 2.75) is 32.1 Å². The summed E-state index contributed by atoms with van der Waals surface area (Å²) < 4.78 is 13.3. The van der Waals surface area contributed by atoms with Crippen molar-refractivity contribution in [2.75, 3.05) is 6.54 Å². The highest BCUT2D eigenvalue weighted by Crippen LogP contribution is 2.16. The first-order valence-corrected chi connectivity index (χ1v) is 6.17. The molecule has 0 fully saturated rings. The molecule has 0 atom stereocenters. The van der Waals surface area contributed by atoms with Crippen molar-refractivity contribution in [3.05, 3.63) is 34.6 Å². The number of Topliss-reactive ketones (excluding diaryl/α,β-unsaturated/α-hetero) is 1. The zero-order valence-corrected chi connectivity index (χ0v) is 10.5. The van der Waals surface area contributed by atoms with Gasteiger partial charge in [0.1, 0.15) is 11.6 Å². The molecule has 0 radical (unpaired) electrons. The van der Waals surface area contributed by atoms with Gasteiger partial charge in [0.25, 0.3) is 0 Å². The molecule has 0 unspecified atom stereocenters. The molecule has 1 aromatic carbocycles. The maximum Gasteiger partial charge on any atom is 0.137 e. The van der Waals surface area contributed by atoms with Gasteiger partial charge in [-0.15, -0.1) is 0 Å². The van der Waals surface area contributed by atoms with Gasteiger partial charge in [0.15, 0.2) is 0 Å². The topological polar surface area (TPSA) is 43.1 Å². The van der Waals surface area contributed by atoms with Crippen LogP contribution in [0.15, 0.2) is 18.2 Å². The Morgan fingerprint density at radius 2 is 2.06 bits per heavy atom. The van der Waals surface area contributed by atoms with Crippen LogP contribution in [0.2, 0.25) is 5.02 Å². The SMILES string of the molecule is NCCCCCC(=O)Cc1cc(Cl)ccc1F. The molecular formula is C13H17ClFNO. The van der Waals surface area contributed by atoms with E-state index in [1.165, 1.54) is 18.2 Å². The molecule has 4 heteroatoms. The van der Waals surface area contributed by atoms with Crippen LogP contribution in [0.5, 0.6) is 0 Å². The van der Waals surface area contributed by atoms with E-state index in [2.05, 4.69) is 0 Å². The van der Waals surface area contributed by atoms with E-state index in [0.717, 1.165) is 19.3 Å². The first kappa shape index (κ1) is 14.1. The van der Waals surface area contributed by atoms with E-state index in [1.54, 1.807) is 0 Å². The predicted molar refractivity (Wildman–Crippen MR) is 67.6 cm³/mol. The van der Waals surface area contributed by atoms with E-state index in [9.17, 15) is 9.18 Å². The Labute approximate surface area is 106 Å². The Hall–Kier alpha value is -0.930. The zero-order valence-electron chi connectivity index (χ0n) is 9.72. The average molecular weight is 258 g/mol. The molecule has 0 aliphatic rings. The largest absolute Gasteiger partial charge is 0.330 e. The standard InChI is InChI=1S/C13H17ClFNO/c14-11-5-6-13(15)10(8-11)9-12(17)4-2-1-3-7-16/h5-6,8H,1-4,7,9,16H2. The van der Waals surface area contributed by atoms with Crippen molar-refractivity contribution >= 4 is 17.4 Å². The van der Waals surface area contributed by atoms with Gasteiger partial charge in [0.05, 0.1) is 0 Å². The highest BCUT2D eigenvalue weighted by Gasteiger charge is 2.08. The van der Waals surface area contributed by atoms with Crippen LogP contribution in [-0.4, -0.2) is 12.3 Å². The van der Waals surface area contributed by atoms with Crippen LogP contribution in [-0.2, 0) is 11.2 Å². The number of carbonyl (C=O) groups excluding carboxylic acids is 1. The molecule has 2 nitrogen and oxygen atoms in total. The molecule has 0 saturated carbocycles. The second kappa shape index (κ2) is 7.41. The summed E-state index contributed by atoms with van der Waals surface area (Å²) in [6, 6.07) is 4.28. The lowest BCUT2D eigenvalue weighted by Gasteiger charge is -2.03. The van der Waals surface area contributed by atoms with Gasteiger partial charge in [-0.25, -0.2) is 4.39 Å². The number of ketones is 1. The Bertz CT molecular complexity index is 382. The number of hydrogen-bond acceptors (Lipinski definition) is 2. The maximum absolute atomic E-state index is 13.3. The third kappa shape index (κ3) is 5.29. The van der Waals surface area contributed by atoms with Crippen molar-refractivity contribution < 1.29 is 9.18 Å². The number of nitrogens with two attached hydrogens (primary N) is 1. The van der Waals surface area contributed by atoms with Crippen molar-refractivity contribution in [3.63, 3.8) is 0 Å². The van der Waals surface area contributed by atoms with E-state index in [0.29, 0.717) is 23.6 Å². The van der Waals surface area contributed by atoms with Crippen LogP contribution < -0.4 is 5.73 Å². The molecule has 94 valence electrons. The average Bonchev–Trinajstić information content (AvgIpc) is 2.29. The maximum atomic E-state index is 13.3. The van der Waals surface area contributed by atoms with Gasteiger partial charge in [0.2, 0.25) is 0 Å². The van der Waals surface area contributed by atoms with Crippen LogP contribution in [0.1, 0.15) is 31.2 Å². The lowest BCUT2D eigenvalue weighted by atomic mass is 10.0. The number of halogens is 2. The Morgan fingerprint density at radius 3 is 2.76 bits per heavy atom. The van der Waals surface area contributed by atoms with Gasteiger partial charge >= 0.3 is 0 Å². The highest BCUT2D eigenvalue weighted by molar-refractivity contribution is 6.30. The fourth-order valence-corrected chi connectivity index (χ4v) is 1.82. The summed E-state index contributed by atoms with van der Waals surface area (Å²) in [6.45, 7) is 0.650. The second-order valence-electron chi connectivity index (χ2n) is 4.05. The number of hydrogen-bond donors (Lipinski definition) is 1. The van der Waals surface area contributed by atoms with Crippen molar-refractivity contribution in [1.82, 2.24) is 0 Å². The summed E-state index contributed by atoms with van der Waals surface area (Å²) in [4.78, 5) is 11.6. The molecule has 0 heterocycles. The third-order valence-electron chi connectivity index (χ3n) is 2.56. The first-order valence-electron chi connectivity index (χ1n) is 5.79. The summed E-state index contributed by atoms with van der Waals surface area (Å²) in [5.41, 5.74) is 5.73. The number of unbranched alkanes of at least 4 members (excludes halogenated alkanes) is 2. The number of carbonyl (C=O) groups is 1. The van der Waals surface area contributed by atoms with Gasteiger partial charge in [-0.3, -0.25) is 4.79 Å².